The fourth-order valence-corrected chi connectivity index (χ4v) is 1.53. The van der Waals surface area contributed by atoms with E-state index in [4.69, 9.17) is 11.0 Å². The summed E-state index contributed by atoms with van der Waals surface area (Å²) in [6, 6.07) is 13.2. The van der Waals surface area contributed by atoms with Gasteiger partial charge in [-0.05, 0) is 11.6 Å². The van der Waals surface area contributed by atoms with Crippen molar-refractivity contribution >= 4 is 5.95 Å². The van der Waals surface area contributed by atoms with Gasteiger partial charge >= 0.3 is 0 Å². The first kappa shape index (κ1) is 12.0. The van der Waals surface area contributed by atoms with Gasteiger partial charge in [0.15, 0.2) is 0 Å². The number of anilines is 1. The Kier molecular flexibility index (Phi) is 3.84. The van der Waals surface area contributed by atoms with Crippen molar-refractivity contribution < 1.29 is 0 Å². The molecule has 1 unspecified atom stereocenters. The molecule has 0 amide bonds. The van der Waals surface area contributed by atoms with Crippen LogP contribution in [0, 0.1) is 11.3 Å². The molecule has 0 bridgehead atoms. The third-order valence-corrected chi connectivity index (χ3v) is 2.48. The van der Waals surface area contributed by atoms with Gasteiger partial charge in [0, 0.05) is 18.8 Å². The minimum absolute atomic E-state index is 0.138. The average Bonchev–Trinajstić information content (AvgIpc) is 2.46. The van der Waals surface area contributed by atoms with E-state index < -0.39 is 0 Å². The maximum atomic E-state index is 8.72. The highest BCUT2D eigenvalue weighted by Crippen LogP contribution is 2.10. The van der Waals surface area contributed by atoms with Crippen molar-refractivity contribution in [3.8, 4) is 6.07 Å². The molecule has 2 aromatic rings. The Hall–Kier alpha value is -2.45. The number of nitrogens with zero attached hydrogens (tertiary/aromatic N) is 3. The van der Waals surface area contributed by atoms with Gasteiger partial charge in [-0.15, -0.1) is 0 Å². The number of nitrogens with one attached hydrogen (secondary N) is 1. The molecule has 1 aromatic heterocycles. The first-order valence-electron chi connectivity index (χ1n) is 5.57. The van der Waals surface area contributed by atoms with E-state index in [2.05, 4.69) is 15.3 Å². The van der Waals surface area contributed by atoms with E-state index in [1.165, 1.54) is 0 Å². The topological polar surface area (TPSA) is 87.6 Å². The predicted molar refractivity (Wildman–Crippen MR) is 68.6 cm³/mol. The average molecular weight is 239 g/mol. The molecule has 5 nitrogen and oxygen atoms in total. The summed E-state index contributed by atoms with van der Waals surface area (Å²) in [6.45, 7) is 0.513. The minimum Gasteiger partial charge on any atom is -0.352 e. The molecule has 0 radical (unpaired) electrons. The summed E-state index contributed by atoms with van der Waals surface area (Å²) >= 11 is 0. The van der Waals surface area contributed by atoms with Crippen LogP contribution in [0.2, 0.25) is 0 Å². The molecule has 0 spiro atoms. The smallest absolute Gasteiger partial charge is 0.223 e. The Balaban J connectivity index is 1.97. The van der Waals surface area contributed by atoms with Crippen molar-refractivity contribution in [1.82, 2.24) is 9.97 Å². The highest BCUT2D eigenvalue weighted by Gasteiger charge is 2.06. The van der Waals surface area contributed by atoms with Crippen molar-refractivity contribution in [2.24, 2.45) is 5.73 Å². The monoisotopic (exact) mass is 239 g/mol. The lowest BCUT2D eigenvalue weighted by atomic mass is 10.1. The quantitative estimate of drug-likeness (QED) is 0.843. The Morgan fingerprint density at radius 3 is 2.78 bits per heavy atom. The van der Waals surface area contributed by atoms with E-state index in [9.17, 15) is 0 Å². The summed E-state index contributed by atoms with van der Waals surface area (Å²) in [5.41, 5.74) is 7.41. The highest BCUT2D eigenvalue weighted by atomic mass is 15.1. The number of rotatable bonds is 4. The predicted octanol–water partition coefficient (Wildman–Crippen LogP) is 1.46. The fraction of sp³-hybridized carbons (Fsp3) is 0.154. The maximum absolute atomic E-state index is 8.72. The van der Waals surface area contributed by atoms with Crippen LogP contribution in [0.3, 0.4) is 0 Å². The molecule has 0 aliphatic rings. The SMILES string of the molecule is N#Cc1ccnc(NCC(N)c2ccccc2)n1. The number of hydrogen-bond acceptors (Lipinski definition) is 5. The normalized spacial score (nSPS) is 11.6. The maximum Gasteiger partial charge on any atom is 0.223 e. The summed E-state index contributed by atoms with van der Waals surface area (Å²) in [7, 11) is 0. The molecule has 1 atom stereocenters. The zero-order valence-corrected chi connectivity index (χ0v) is 9.74. The van der Waals surface area contributed by atoms with Crippen LogP contribution < -0.4 is 11.1 Å². The molecule has 0 saturated carbocycles. The second-order valence-corrected chi connectivity index (χ2v) is 3.78. The van der Waals surface area contributed by atoms with E-state index in [-0.39, 0.29) is 6.04 Å². The molecule has 0 saturated heterocycles. The van der Waals surface area contributed by atoms with E-state index >= 15 is 0 Å². The van der Waals surface area contributed by atoms with Crippen LogP contribution >= 0.6 is 0 Å². The van der Waals surface area contributed by atoms with Gasteiger partial charge in [-0.3, -0.25) is 0 Å². The number of hydrogen-bond donors (Lipinski definition) is 2. The molecule has 18 heavy (non-hydrogen) atoms. The molecule has 3 N–H and O–H groups in total. The van der Waals surface area contributed by atoms with Gasteiger partial charge in [0.05, 0.1) is 0 Å². The van der Waals surface area contributed by atoms with E-state index in [1.54, 1.807) is 12.3 Å². The lowest BCUT2D eigenvalue weighted by Crippen LogP contribution is -2.21. The molecule has 0 fully saturated rings. The zero-order chi connectivity index (χ0) is 12.8. The van der Waals surface area contributed by atoms with Crippen molar-refractivity contribution in [3.63, 3.8) is 0 Å². The first-order valence-corrected chi connectivity index (χ1v) is 5.57. The minimum atomic E-state index is -0.138. The van der Waals surface area contributed by atoms with Crippen molar-refractivity contribution in [1.29, 1.82) is 5.26 Å². The fourth-order valence-electron chi connectivity index (χ4n) is 1.53. The van der Waals surface area contributed by atoms with E-state index in [0.29, 0.717) is 18.2 Å². The molecular formula is C13H13N5. The van der Waals surface area contributed by atoms with Gasteiger partial charge in [0.2, 0.25) is 5.95 Å². The summed E-state index contributed by atoms with van der Waals surface area (Å²) in [4.78, 5) is 8.04. The van der Waals surface area contributed by atoms with E-state index in [0.717, 1.165) is 5.56 Å². The molecule has 2 rings (SSSR count). The van der Waals surface area contributed by atoms with Gasteiger partial charge < -0.3 is 11.1 Å². The van der Waals surface area contributed by atoms with Crippen molar-refractivity contribution in [2.45, 2.75) is 6.04 Å². The third kappa shape index (κ3) is 3.03. The number of nitriles is 1. The van der Waals surface area contributed by atoms with E-state index in [1.807, 2.05) is 36.4 Å². The Labute approximate surface area is 105 Å². The highest BCUT2D eigenvalue weighted by molar-refractivity contribution is 5.31. The second-order valence-electron chi connectivity index (χ2n) is 3.78. The van der Waals surface area contributed by atoms with Crippen LogP contribution in [0.5, 0.6) is 0 Å². The van der Waals surface area contributed by atoms with Crippen LogP contribution in [0.4, 0.5) is 5.95 Å². The van der Waals surface area contributed by atoms with Crippen LogP contribution in [-0.4, -0.2) is 16.5 Å². The Morgan fingerprint density at radius 2 is 2.06 bits per heavy atom. The zero-order valence-electron chi connectivity index (χ0n) is 9.74. The summed E-state index contributed by atoms with van der Waals surface area (Å²) in [6.07, 6.45) is 1.54. The lowest BCUT2D eigenvalue weighted by molar-refractivity contribution is 0.758. The van der Waals surface area contributed by atoms with Crippen LogP contribution in [0.25, 0.3) is 0 Å². The molecular weight excluding hydrogens is 226 g/mol. The van der Waals surface area contributed by atoms with Gasteiger partial charge in [0.25, 0.3) is 0 Å². The summed E-state index contributed by atoms with van der Waals surface area (Å²) < 4.78 is 0. The summed E-state index contributed by atoms with van der Waals surface area (Å²) in [5.74, 6) is 0.417. The van der Waals surface area contributed by atoms with Crippen LogP contribution in [-0.2, 0) is 0 Å². The Morgan fingerprint density at radius 1 is 1.28 bits per heavy atom. The van der Waals surface area contributed by atoms with Gasteiger partial charge in [-0.25, -0.2) is 9.97 Å². The largest absolute Gasteiger partial charge is 0.352 e. The molecule has 0 aliphatic carbocycles. The number of nitrogens with two attached hydrogens (primary N) is 1. The number of benzene rings is 1. The van der Waals surface area contributed by atoms with Crippen molar-refractivity contribution in [2.75, 3.05) is 11.9 Å². The van der Waals surface area contributed by atoms with Crippen LogP contribution in [0.1, 0.15) is 17.3 Å². The van der Waals surface area contributed by atoms with Gasteiger partial charge in [-0.1, -0.05) is 30.3 Å². The molecule has 5 heteroatoms. The Bertz CT molecular complexity index is 547. The standard InChI is InChI=1S/C13H13N5/c14-8-11-6-7-16-13(18-11)17-9-12(15)10-4-2-1-3-5-10/h1-7,12H,9,15H2,(H,16,17,18). The van der Waals surface area contributed by atoms with Crippen molar-refractivity contribution in [3.05, 3.63) is 53.9 Å². The molecule has 1 heterocycles. The van der Waals surface area contributed by atoms with Gasteiger partial charge in [0.1, 0.15) is 11.8 Å². The second kappa shape index (κ2) is 5.75. The molecule has 90 valence electrons. The lowest BCUT2D eigenvalue weighted by Gasteiger charge is -2.12. The van der Waals surface area contributed by atoms with Gasteiger partial charge in [-0.2, -0.15) is 5.26 Å². The third-order valence-electron chi connectivity index (χ3n) is 2.48. The number of aromatic nitrogens is 2. The van der Waals surface area contributed by atoms with Crippen LogP contribution in [0.15, 0.2) is 42.6 Å². The summed E-state index contributed by atoms with van der Waals surface area (Å²) in [5, 5.41) is 11.7. The molecule has 1 aromatic carbocycles. The first-order chi connectivity index (χ1) is 8.79. The molecule has 0 aliphatic heterocycles.